The molecule has 1 saturated heterocycles. The zero-order valence-electron chi connectivity index (χ0n) is 16.8. The first-order chi connectivity index (χ1) is 14.6. The van der Waals surface area contributed by atoms with Crippen molar-refractivity contribution in [2.75, 3.05) is 29.6 Å². The van der Waals surface area contributed by atoms with Crippen molar-refractivity contribution in [3.63, 3.8) is 0 Å². The van der Waals surface area contributed by atoms with Crippen molar-refractivity contribution >= 4 is 45.4 Å². The standard InChI is InChI=1S/C22H23IN6O/c1-22(23)18-15(4-2-8-24-18)12-29(22)20-16-5-3-9-25-19(16)26-21(27-20)28-10-11-30-13-17(28)14-6-7-14/h2-5,8-9,14,17H,6-7,10-13H2,1H3. The molecule has 3 aliphatic rings. The minimum atomic E-state index is -0.288. The molecule has 2 unspecified atom stereocenters. The van der Waals surface area contributed by atoms with Crippen molar-refractivity contribution in [2.24, 2.45) is 5.92 Å². The van der Waals surface area contributed by atoms with E-state index in [9.17, 15) is 0 Å². The zero-order valence-corrected chi connectivity index (χ0v) is 19.0. The third kappa shape index (κ3) is 2.95. The summed E-state index contributed by atoms with van der Waals surface area (Å²) in [6.07, 6.45) is 6.21. The van der Waals surface area contributed by atoms with Gasteiger partial charge >= 0.3 is 0 Å². The van der Waals surface area contributed by atoms with Gasteiger partial charge in [0.15, 0.2) is 5.65 Å². The number of halogens is 1. The Morgan fingerprint density at radius 3 is 2.80 bits per heavy atom. The molecule has 0 amide bonds. The maximum atomic E-state index is 5.80. The van der Waals surface area contributed by atoms with Crippen LogP contribution >= 0.6 is 22.6 Å². The number of hydrogen-bond donors (Lipinski definition) is 0. The fourth-order valence-corrected chi connectivity index (χ4v) is 5.59. The van der Waals surface area contributed by atoms with Crippen LogP contribution in [0.5, 0.6) is 0 Å². The molecule has 5 heterocycles. The van der Waals surface area contributed by atoms with E-state index in [1.165, 1.54) is 18.4 Å². The van der Waals surface area contributed by atoms with Crippen LogP contribution in [0.4, 0.5) is 11.8 Å². The van der Waals surface area contributed by atoms with Gasteiger partial charge in [0, 0.05) is 25.5 Å². The lowest BCUT2D eigenvalue weighted by Crippen LogP contribution is -2.48. The fraction of sp³-hybridized carbons (Fsp3) is 0.455. The van der Waals surface area contributed by atoms with Crippen LogP contribution in [-0.2, 0) is 14.8 Å². The molecule has 0 aromatic carbocycles. The average Bonchev–Trinajstić information content (AvgIpc) is 3.58. The molecule has 154 valence electrons. The molecule has 0 spiro atoms. The molecule has 0 bridgehead atoms. The summed E-state index contributed by atoms with van der Waals surface area (Å²) in [5, 5.41) is 0.980. The highest BCUT2D eigenvalue weighted by atomic mass is 127. The molecule has 2 aliphatic heterocycles. The third-order valence-corrected chi connectivity index (χ3v) is 7.54. The molecule has 6 rings (SSSR count). The molecule has 2 atom stereocenters. The number of alkyl halides is 1. The maximum absolute atomic E-state index is 5.80. The SMILES string of the molecule is CC1(I)c2ncccc2CN1c1nc(N2CCOCC2C2CC2)nc2ncccc12. The minimum absolute atomic E-state index is 0.288. The van der Waals surface area contributed by atoms with Crippen LogP contribution in [0.1, 0.15) is 31.0 Å². The molecule has 1 aliphatic carbocycles. The number of hydrogen-bond acceptors (Lipinski definition) is 7. The van der Waals surface area contributed by atoms with Gasteiger partial charge in [-0.25, -0.2) is 4.98 Å². The predicted octanol–water partition coefficient (Wildman–Crippen LogP) is 3.66. The highest BCUT2D eigenvalue weighted by Gasteiger charge is 2.43. The van der Waals surface area contributed by atoms with Crippen molar-refractivity contribution in [1.82, 2.24) is 19.9 Å². The second-order valence-electron chi connectivity index (χ2n) is 8.45. The van der Waals surface area contributed by atoms with Gasteiger partial charge in [-0.3, -0.25) is 4.98 Å². The van der Waals surface area contributed by atoms with E-state index in [0.29, 0.717) is 18.6 Å². The summed E-state index contributed by atoms with van der Waals surface area (Å²) in [6, 6.07) is 8.56. The monoisotopic (exact) mass is 514 g/mol. The van der Waals surface area contributed by atoms with Crippen molar-refractivity contribution < 1.29 is 4.74 Å². The molecule has 3 aromatic rings. The first-order valence-electron chi connectivity index (χ1n) is 10.5. The normalized spacial score (nSPS) is 26.3. The summed E-state index contributed by atoms with van der Waals surface area (Å²) in [5.74, 6) is 2.39. The Morgan fingerprint density at radius 1 is 1.13 bits per heavy atom. The van der Waals surface area contributed by atoms with Crippen LogP contribution in [0.15, 0.2) is 36.7 Å². The second-order valence-corrected chi connectivity index (χ2v) is 10.5. The van der Waals surface area contributed by atoms with Gasteiger partial charge in [0.1, 0.15) is 9.36 Å². The van der Waals surface area contributed by atoms with Crippen molar-refractivity contribution in [1.29, 1.82) is 0 Å². The number of ether oxygens (including phenoxy) is 1. The van der Waals surface area contributed by atoms with Crippen LogP contribution in [0.3, 0.4) is 0 Å². The van der Waals surface area contributed by atoms with Crippen LogP contribution in [-0.4, -0.2) is 45.7 Å². The van der Waals surface area contributed by atoms with Gasteiger partial charge in [0.05, 0.1) is 30.3 Å². The molecular weight excluding hydrogens is 491 g/mol. The lowest BCUT2D eigenvalue weighted by molar-refractivity contribution is 0.0870. The van der Waals surface area contributed by atoms with Crippen LogP contribution in [0.2, 0.25) is 0 Å². The number of anilines is 2. The number of morpholine rings is 1. The molecule has 30 heavy (non-hydrogen) atoms. The van der Waals surface area contributed by atoms with E-state index in [0.717, 1.165) is 48.2 Å². The number of nitrogens with zero attached hydrogens (tertiary/aromatic N) is 6. The van der Waals surface area contributed by atoms with Crippen LogP contribution in [0.25, 0.3) is 11.0 Å². The zero-order chi connectivity index (χ0) is 20.3. The van der Waals surface area contributed by atoms with E-state index < -0.39 is 0 Å². The lowest BCUT2D eigenvalue weighted by atomic mass is 10.1. The molecule has 7 nitrogen and oxygen atoms in total. The van der Waals surface area contributed by atoms with E-state index in [1.54, 1.807) is 0 Å². The number of pyridine rings is 2. The summed E-state index contributed by atoms with van der Waals surface area (Å²) in [4.78, 5) is 24.0. The molecule has 0 N–H and O–H groups in total. The largest absolute Gasteiger partial charge is 0.377 e. The number of fused-ring (bicyclic) bond motifs is 2. The van der Waals surface area contributed by atoms with Crippen LogP contribution < -0.4 is 9.80 Å². The average molecular weight is 514 g/mol. The fourth-order valence-electron chi connectivity index (χ4n) is 4.71. The third-order valence-electron chi connectivity index (χ3n) is 6.44. The Hall–Kier alpha value is -2.07. The first kappa shape index (κ1) is 18.7. The van der Waals surface area contributed by atoms with E-state index in [2.05, 4.69) is 61.4 Å². The Morgan fingerprint density at radius 2 is 1.97 bits per heavy atom. The first-order valence-corrected chi connectivity index (χ1v) is 11.6. The molecule has 3 aromatic heterocycles. The van der Waals surface area contributed by atoms with Gasteiger partial charge in [-0.15, -0.1) is 0 Å². The summed E-state index contributed by atoms with van der Waals surface area (Å²) >= 11 is 2.50. The molecule has 0 radical (unpaired) electrons. The van der Waals surface area contributed by atoms with Gasteiger partial charge in [0.2, 0.25) is 5.95 Å². The van der Waals surface area contributed by atoms with Crippen molar-refractivity contribution in [2.45, 2.75) is 35.9 Å². The lowest BCUT2D eigenvalue weighted by Gasteiger charge is -2.37. The second kappa shape index (κ2) is 6.98. The predicted molar refractivity (Wildman–Crippen MR) is 124 cm³/mol. The Balaban J connectivity index is 1.49. The highest BCUT2D eigenvalue weighted by molar-refractivity contribution is 14.1. The highest BCUT2D eigenvalue weighted by Crippen LogP contribution is 2.47. The van der Waals surface area contributed by atoms with E-state index in [1.807, 2.05) is 24.5 Å². The molecule has 1 saturated carbocycles. The minimum Gasteiger partial charge on any atom is -0.377 e. The molecule has 2 fully saturated rings. The number of aromatic nitrogens is 4. The van der Waals surface area contributed by atoms with Crippen LogP contribution in [0, 0.1) is 5.92 Å². The molecule has 8 heteroatoms. The van der Waals surface area contributed by atoms with E-state index in [-0.39, 0.29) is 3.55 Å². The van der Waals surface area contributed by atoms with Gasteiger partial charge in [-0.2, -0.15) is 9.97 Å². The van der Waals surface area contributed by atoms with Gasteiger partial charge < -0.3 is 14.5 Å². The Bertz CT molecular complexity index is 1120. The van der Waals surface area contributed by atoms with E-state index in [4.69, 9.17) is 14.7 Å². The summed E-state index contributed by atoms with van der Waals surface area (Å²) < 4.78 is 5.51. The molecular formula is C22H23IN6O. The van der Waals surface area contributed by atoms with Crippen molar-refractivity contribution in [3.05, 3.63) is 47.9 Å². The summed E-state index contributed by atoms with van der Waals surface area (Å²) in [7, 11) is 0. The maximum Gasteiger partial charge on any atom is 0.229 e. The summed E-state index contributed by atoms with van der Waals surface area (Å²) in [6.45, 7) is 5.27. The summed E-state index contributed by atoms with van der Waals surface area (Å²) in [5.41, 5.74) is 3.09. The quantitative estimate of drug-likeness (QED) is 0.300. The van der Waals surface area contributed by atoms with Gasteiger partial charge in [0.25, 0.3) is 0 Å². The van der Waals surface area contributed by atoms with Gasteiger partial charge in [-0.1, -0.05) is 6.07 Å². The van der Waals surface area contributed by atoms with E-state index >= 15 is 0 Å². The number of rotatable bonds is 3. The smallest absolute Gasteiger partial charge is 0.229 e. The topological polar surface area (TPSA) is 67.3 Å². The Kier molecular flexibility index (Phi) is 4.35. The Labute approximate surface area is 189 Å². The van der Waals surface area contributed by atoms with Gasteiger partial charge in [-0.05, 0) is 72.0 Å². The van der Waals surface area contributed by atoms with Crippen molar-refractivity contribution in [3.8, 4) is 0 Å².